The summed E-state index contributed by atoms with van der Waals surface area (Å²) in [6.07, 6.45) is 2.12. The Kier molecular flexibility index (Phi) is 4.25. The highest BCUT2D eigenvalue weighted by molar-refractivity contribution is 7.99. The van der Waals surface area contributed by atoms with E-state index >= 15 is 0 Å². The quantitative estimate of drug-likeness (QED) is 0.753. The average molecular weight is 197 g/mol. The van der Waals surface area contributed by atoms with Crippen molar-refractivity contribution in [3.63, 3.8) is 0 Å². The van der Waals surface area contributed by atoms with Gasteiger partial charge in [-0.25, -0.2) is 0 Å². The molecule has 72 valence electrons. The monoisotopic (exact) mass is 197 g/mol. The van der Waals surface area contributed by atoms with Crippen molar-refractivity contribution in [3.8, 4) is 0 Å². The van der Waals surface area contributed by atoms with Crippen molar-refractivity contribution in [1.29, 1.82) is 0 Å². The number of nitrogens with zero attached hydrogens (tertiary/aromatic N) is 1. The largest absolute Gasteiger partial charge is 0.387 e. The Morgan fingerprint density at radius 2 is 2.23 bits per heavy atom. The summed E-state index contributed by atoms with van der Waals surface area (Å²) in [7, 11) is 0. The molecule has 0 bridgehead atoms. The molecular weight excluding hydrogens is 182 g/mol. The molecule has 1 aromatic heterocycles. The predicted molar refractivity (Wildman–Crippen MR) is 55.9 cm³/mol. The fourth-order valence-electron chi connectivity index (χ4n) is 1.05. The number of hydrogen-bond donors (Lipinski definition) is 1. The minimum Gasteiger partial charge on any atom is -0.387 e. The first-order chi connectivity index (χ1) is 6.27. The first-order valence-corrected chi connectivity index (χ1v) is 5.53. The lowest BCUT2D eigenvalue weighted by molar-refractivity contribution is 0.169. The van der Waals surface area contributed by atoms with Crippen LogP contribution < -0.4 is 0 Å². The zero-order chi connectivity index (χ0) is 9.68. The molecule has 1 heterocycles. The zero-order valence-electron chi connectivity index (χ0n) is 8.03. The van der Waals surface area contributed by atoms with Crippen molar-refractivity contribution < 1.29 is 5.11 Å². The second kappa shape index (κ2) is 5.25. The Morgan fingerprint density at radius 3 is 2.69 bits per heavy atom. The Labute approximate surface area is 83.4 Å². The molecule has 0 unspecified atom stereocenters. The third-order valence-electron chi connectivity index (χ3n) is 1.80. The highest BCUT2D eigenvalue weighted by atomic mass is 32.2. The number of aliphatic hydroxyl groups is 1. The van der Waals surface area contributed by atoms with E-state index < -0.39 is 6.10 Å². The molecule has 0 aliphatic rings. The fourth-order valence-corrected chi connectivity index (χ4v) is 1.67. The van der Waals surface area contributed by atoms with Crippen LogP contribution in [-0.4, -0.2) is 15.8 Å². The molecule has 0 spiro atoms. The van der Waals surface area contributed by atoms with Crippen LogP contribution in [0.5, 0.6) is 0 Å². The van der Waals surface area contributed by atoms with Crippen molar-refractivity contribution in [2.24, 2.45) is 0 Å². The van der Waals surface area contributed by atoms with Gasteiger partial charge >= 0.3 is 0 Å². The maximum absolute atomic E-state index is 9.48. The lowest BCUT2D eigenvalue weighted by atomic mass is 10.2. The number of aromatic nitrogens is 1. The molecule has 0 aromatic carbocycles. The van der Waals surface area contributed by atoms with Crippen molar-refractivity contribution in [2.45, 2.75) is 31.3 Å². The number of aliphatic hydroxyl groups excluding tert-OH is 1. The molecular formula is C10H15NOS. The molecule has 0 saturated carbocycles. The molecule has 3 heteroatoms. The predicted octanol–water partition coefficient (Wildman–Crippen LogP) is 2.64. The summed E-state index contributed by atoms with van der Waals surface area (Å²) in [6.45, 7) is 4.06. The Hall–Kier alpha value is -0.540. The third-order valence-corrected chi connectivity index (χ3v) is 2.66. The van der Waals surface area contributed by atoms with Gasteiger partial charge in [0.15, 0.2) is 0 Å². The van der Waals surface area contributed by atoms with E-state index in [9.17, 15) is 5.11 Å². The van der Waals surface area contributed by atoms with Crippen LogP contribution in [0.4, 0.5) is 0 Å². The molecule has 0 aliphatic heterocycles. The second-order valence-electron chi connectivity index (χ2n) is 2.78. The normalized spacial score (nSPS) is 12.8. The van der Waals surface area contributed by atoms with Gasteiger partial charge in [0.2, 0.25) is 0 Å². The minimum absolute atomic E-state index is 0.416. The summed E-state index contributed by atoms with van der Waals surface area (Å²) in [5, 5.41) is 9.48. The molecule has 13 heavy (non-hydrogen) atoms. The average Bonchev–Trinajstić information content (AvgIpc) is 2.18. The Balaban J connectivity index is 2.69. The maximum atomic E-state index is 9.48. The highest BCUT2D eigenvalue weighted by Gasteiger charge is 2.05. The van der Waals surface area contributed by atoms with Gasteiger partial charge in [0.05, 0.1) is 11.8 Å². The Morgan fingerprint density at radius 1 is 1.46 bits per heavy atom. The molecule has 0 saturated heterocycles. The summed E-state index contributed by atoms with van der Waals surface area (Å²) in [4.78, 5) is 5.36. The summed E-state index contributed by atoms with van der Waals surface area (Å²) in [6, 6.07) is 3.90. The molecule has 1 atom stereocenters. The van der Waals surface area contributed by atoms with Crippen LogP contribution >= 0.6 is 11.8 Å². The van der Waals surface area contributed by atoms with E-state index in [4.69, 9.17) is 0 Å². The lowest BCUT2D eigenvalue weighted by Gasteiger charge is -2.06. The minimum atomic E-state index is -0.416. The van der Waals surface area contributed by atoms with E-state index in [1.807, 2.05) is 25.3 Å². The summed E-state index contributed by atoms with van der Waals surface area (Å²) in [5.74, 6) is 1.05. The van der Waals surface area contributed by atoms with Crippen molar-refractivity contribution in [1.82, 2.24) is 4.98 Å². The molecule has 1 aromatic rings. The SMILES string of the molecule is CCSc1ccc([C@@H](O)CC)nc1. The summed E-state index contributed by atoms with van der Waals surface area (Å²) in [5.41, 5.74) is 0.767. The van der Waals surface area contributed by atoms with Crippen molar-refractivity contribution in [3.05, 3.63) is 24.0 Å². The maximum Gasteiger partial charge on any atom is 0.0957 e. The van der Waals surface area contributed by atoms with Crippen LogP contribution in [0.2, 0.25) is 0 Å². The van der Waals surface area contributed by atoms with Gasteiger partial charge in [-0.1, -0.05) is 13.8 Å². The lowest BCUT2D eigenvalue weighted by Crippen LogP contribution is -1.97. The van der Waals surface area contributed by atoms with Gasteiger partial charge in [0, 0.05) is 11.1 Å². The van der Waals surface area contributed by atoms with Crippen LogP contribution in [0.3, 0.4) is 0 Å². The highest BCUT2D eigenvalue weighted by Crippen LogP contribution is 2.19. The van der Waals surface area contributed by atoms with E-state index in [2.05, 4.69) is 11.9 Å². The molecule has 0 fully saturated rings. The first kappa shape index (κ1) is 10.5. The van der Waals surface area contributed by atoms with Crippen LogP contribution in [0, 0.1) is 0 Å². The molecule has 2 nitrogen and oxygen atoms in total. The van der Waals surface area contributed by atoms with Gasteiger partial charge in [0.25, 0.3) is 0 Å². The Bertz CT molecular complexity index is 248. The van der Waals surface area contributed by atoms with Crippen LogP contribution in [0.1, 0.15) is 32.1 Å². The number of thioether (sulfide) groups is 1. The van der Waals surface area contributed by atoms with Gasteiger partial charge in [-0.3, -0.25) is 4.98 Å². The van der Waals surface area contributed by atoms with E-state index in [0.29, 0.717) is 6.42 Å². The summed E-state index contributed by atoms with van der Waals surface area (Å²) >= 11 is 1.76. The fraction of sp³-hybridized carbons (Fsp3) is 0.500. The number of rotatable bonds is 4. The second-order valence-corrected chi connectivity index (χ2v) is 4.11. The molecule has 1 rings (SSSR count). The smallest absolute Gasteiger partial charge is 0.0957 e. The van der Waals surface area contributed by atoms with Gasteiger partial charge < -0.3 is 5.11 Å². The van der Waals surface area contributed by atoms with Gasteiger partial charge in [-0.2, -0.15) is 0 Å². The topological polar surface area (TPSA) is 33.1 Å². The van der Waals surface area contributed by atoms with E-state index in [1.165, 1.54) is 0 Å². The van der Waals surface area contributed by atoms with Gasteiger partial charge in [-0.15, -0.1) is 11.8 Å². The molecule has 0 amide bonds. The van der Waals surface area contributed by atoms with Crippen LogP contribution in [0.25, 0.3) is 0 Å². The summed E-state index contributed by atoms with van der Waals surface area (Å²) < 4.78 is 0. The van der Waals surface area contributed by atoms with E-state index in [0.717, 1.165) is 16.3 Å². The number of hydrogen-bond acceptors (Lipinski definition) is 3. The standard InChI is InChI=1S/C10H15NOS/c1-3-10(12)9-6-5-8(7-11-9)13-4-2/h5-7,10,12H,3-4H2,1-2H3/t10-/m0/s1. The number of pyridine rings is 1. The third kappa shape index (κ3) is 3.01. The van der Waals surface area contributed by atoms with Crippen LogP contribution in [0.15, 0.2) is 23.2 Å². The van der Waals surface area contributed by atoms with Crippen molar-refractivity contribution >= 4 is 11.8 Å². The molecule has 0 aliphatic carbocycles. The van der Waals surface area contributed by atoms with Gasteiger partial charge in [0.1, 0.15) is 0 Å². The van der Waals surface area contributed by atoms with E-state index in [1.54, 1.807) is 11.8 Å². The van der Waals surface area contributed by atoms with Crippen LogP contribution in [-0.2, 0) is 0 Å². The van der Waals surface area contributed by atoms with Crippen molar-refractivity contribution in [2.75, 3.05) is 5.75 Å². The molecule has 1 N–H and O–H groups in total. The van der Waals surface area contributed by atoms with Gasteiger partial charge in [-0.05, 0) is 24.3 Å². The molecule has 0 radical (unpaired) electrons. The van der Waals surface area contributed by atoms with E-state index in [-0.39, 0.29) is 0 Å². The first-order valence-electron chi connectivity index (χ1n) is 4.54. The zero-order valence-corrected chi connectivity index (χ0v) is 8.84.